The van der Waals surface area contributed by atoms with Crippen LogP contribution < -0.4 is 5.73 Å². The Morgan fingerprint density at radius 2 is 2.06 bits per heavy atom. The van der Waals surface area contributed by atoms with Gasteiger partial charge in [-0.1, -0.05) is 34.6 Å². The standard InChI is InChI=1S/C15H29N3/c1-6-8-18-9-7-17-14(18)13(16)10-12(2)11-15(3,4)5/h7,9,12-13H,6,8,10-11,16H2,1-5H3. The number of hydrogen-bond acceptors (Lipinski definition) is 2. The first-order chi connectivity index (χ1) is 8.33. The summed E-state index contributed by atoms with van der Waals surface area (Å²) < 4.78 is 2.19. The van der Waals surface area contributed by atoms with Gasteiger partial charge in [-0.25, -0.2) is 4.98 Å². The lowest BCUT2D eigenvalue weighted by Crippen LogP contribution is -2.21. The van der Waals surface area contributed by atoms with E-state index in [0.717, 1.165) is 25.2 Å². The molecule has 3 heteroatoms. The van der Waals surface area contributed by atoms with E-state index in [1.165, 1.54) is 6.42 Å². The average Bonchev–Trinajstić information content (AvgIpc) is 2.63. The van der Waals surface area contributed by atoms with Crippen LogP contribution in [0.5, 0.6) is 0 Å². The number of hydrogen-bond donors (Lipinski definition) is 1. The summed E-state index contributed by atoms with van der Waals surface area (Å²) >= 11 is 0. The first kappa shape index (κ1) is 15.2. The molecule has 2 unspecified atom stereocenters. The lowest BCUT2D eigenvalue weighted by atomic mass is 9.83. The molecule has 0 saturated carbocycles. The highest BCUT2D eigenvalue weighted by Crippen LogP contribution is 2.29. The van der Waals surface area contributed by atoms with Gasteiger partial charge >= 0.3 is 0 Å². The highest BCUT2D eigenvalue weighted by Gasteiger charge is 2.20. The number of aromatic nitrogens is 2. The lowest BCUT2D eigenvalue weighted by molar-refractivity contribution is 0.283. The summed E-state index contributed by atoms with van der Waals surface area (Å²) in [5, 5.41) is 0. The zero-order valence-corrected chi connectivity index (χ0v) is 12.6. The topological polar surface area (TPSA) is 43.8 Å². The van der Waals surface area contributed by atoms with Crippen molar-refractivity contribution in [2.24, 2.45) is 17.1 Å². The molecule has 1 rings (SSSR count). The Balaban J connectivity index is 2.59. The van der Waals surface area contributed by atoms with Gasteiger partial charge < -0.3 is 10.3 Å². The quantitative estimate of drug-likeness (QED) is 0.836. The molecule has 0 bridgehead atoms. The van der Waals surface area contributed by atoms with Crippen molar-refractivity contribution in [1.82, 2.24) is 9.55 Å². The molecule has 0 amide bonds. The van der Waals surface area contributed by atoms with E-state index in [1.54, 1.807) is 0 Å². The summed E-state index contributed by atoms with van der Waals surface area (Å²) in [6, 6.07) is 0.0592. The van der Waals surface area contributed by atoms with E-state index in [0.29, 0.717) is 11.3 Å². The second-order valence-corrected chi connectivity index (χ2v) is 6.69. The van der Waals surface area contributed by atoms with Gasteiger partial charge in [0.25, 0.3) is 0 Å². The summed E-state index contributed by atoms with van der Waals surface area (Å²) in [6.07, 6.45) is 7.23. The van der Waals surface area contributed by atoms with Crippen molar-refractivity contribution >= 4 is 0 Å². The maximum absolute atomic E-state index is 6.31. The van der Waals surface area contributed by atoms with Crippen LogP contribution in [0, 0.1) is 11.3 Å². The third kappa shape index (κ3) is 4.81. The van der Waals surface area contributed by atoms with Crippen molar-refractivity contribution in [1.29, 1.82) is 0 Å². The minimum atomic E-state index is 0.0592. The van der Waals surface area contributed by atoms with Gasteiger partial charge in [-0.05, 0) is 30.6 Å². The van der Waals surface area contributed by atoms with Gasteiger partial charge in [0.2, 0.25) is 0 Å². The normalized spacial score (nSPS) is 15.7. The summed E-state index contributed by atoms with van der Waals surface area (Å²) in [7, 11) is 0. The first-order valence-corrected chi connectivity index (χ1v) is 7.10. The molecule has 0 aliphatic heterocycles. The van der Waals surface area contributed by atoms with Crippen molar-refractivity contribution in [2.75, 3.05) is 0 Å². The maximum Gasteiger partial charge on any atom is 0.125 e. The molecule has 0 radical (unpaired) electrons. The zero-order chi connectivity index (χ0) is 13.8. The van der Waals surface area contributed by atoms with Crippen LogP contribution in [-0.4, -0.2) is 9.55 Å². The minimum absolute atomic E-state index is 0.0592. The van der Waals surface area contributed by atoms with Gasteiger partial charge in [0.1, 0.15) is 5.82 Å². The molecule has 18 heavy (non-hydrogen) atoms. The molecule has 0 fully saturated rings. The lowest BCUT2D eigenvalue weighted by Gasteiger charge is -2.25. The Morgan fingerprint density at radius 3 is 2.61 bits per heavy atom. The van der Waals surface area contributed by atoms with E-state index < -0.39 is 0 Å². The monoisotopic (exact) mass is 251 g/mol. The number of aryl methyl sites for hydroxylation is 1. The molecule has 0 aliphatic carbocycles. The summed E-state index contributed by atoms with van der Waals surface area (Å²) in [4.78, 5) is 4.42. The van der Waals surface area contributed by atoms with E-state index in [9.17, 15) is 0 Å². The maximum atomic E-state index is 6.31. The van der Waals surface area contributed by atoms with Crippen molar-refractivity contribution in [3.8, 4) is 0 Å². The summed E-state index contributed by atoms with van der Waals surface area (Å²) in [5.41, 5.74) is 6.68. The Morgan fingerprint density at radius 1 is 1.39 bits per heavy atom. The van der Waals surface area contributed by atoms with E-state index in [4.69, 9.17) is 5.73 Å². The summed E-state index contributed by atoms with van der Waals surface area (Å²) in [6.45, 7) is 12.3. The molecule has 2 N–H and O–H groups in total. The van der Waals surface area contributed by atoms with Gasteiger partial charge in [0.05, 0.1) is 6.04 Å². The Bertz CT molecular complexity index is 349. The molecule has 0 saturated heterocycles. The predicted octanol–water partition coefficient (Wildman–Crippen LogP) is 3.76. The Labute approximate surface area is 112 Å². The van der Waals surface area contributed by atoms with Gasteiger partial charge in [0.15, 0.2) is 0 Å². The number of nitrogens with zero attached hydrogens (tertiary/aromatic N) is 2. The predicted molar refractivity (Wildman–Crippen MR) is 77.3 cm³/mol. The molecule has 1 aromatic heterocycles. The van der Waals surface area contributed by atoms with Crippen molar-refractivity contribution in [2.45, 2.75) is 66.5 Å². The van der Waals surface area contributed by atoms with Crippen LogP contribution in [-0.2, 0) is 6.54 Å². The van der Waals surface area contributed by atoms with Crippen LogP contribution in [0.25, 0.3) is 0 Å². The minimum Gasteiger partial charge on any atom is -0.334 e. The van der Waals surface area contributed by atoms with Gasteiger partial charge in [-0.15, -0.1) is 0 Å². The molecule has 104 valence electrons. The fourth-order valence-electron chi connectivity index (χ4n) is 2.75. The van der Waals surface area contributed by atoms with Crippen LogP contribution in [0.1, 0.15) is 65.7 Å². The number of nitrogens with two attached hydrogens (primary N) is 1. The van der Waals surface area contributed by atoms with E-state index >= 15 is 0 Å². The third-order valence-electron chi connectivity index (χ3n) is 3.16. The number of rotatable bonds is 6. The zero-order valence-electron chi connectivity index (χ0n) is 12.6. The van der Waals surface area contributed by atoms with E-state index in [1.807, 2.05) is 12.4 Å². The highest BCUT2D eigenvalue weighted by molar-refractivity contribution is 4.99. The first-order valence-electron chi connectivity index (χ1n) is 7.10. The molecule has 0 spiro atoms. The van der Waals surface area contributed by atoms with Crippen molar-refractivity contribution in [3.63, 3.8) is 0 Å². The van der Waals surface area contributed by atoms with Gasteiger partial charge in [0, 0.05) is 18.9 Å². The van der Waals surface area contributed by atoms with Crippen LogP contribution in [0.15, 0.2) is 12.4 Å². The van der Waals surface area contributed by atoms with Crippen LogP contribution in [0.3, 0.4) is 0 Å². The number of imidazole rings is 1. The average molecular weight is 251 g/mol. The second-order valence-electron chi connectivity index (χ2n) is 6.69. The molecule has 0 aromatic carbocycles. The molecule has 1 heterocycles. The smallest absolute Gasteiger partial charge is 0.125 e. The van der Waals surface area contributed by atoms with E-state index in [2.05, 4.69) is 44.2 Å². The van der Waals surface area contributed by atoms with Gasteiger partial charge in [-0.2, -0.15) is 0 Å². The second kappa shape index (κ2) is 6.37. The van der Waals surface area contributed by atoms with Crippen molar-refractivity contribution < 1.29 is 0 Å². The van der Waals surface area contributed by atoms with Crippen molar-refractivity contribution in [3.05, 3.63) is 18.2 Å². The fourth-order valence-corrected chi connectivity index (χ4v) is 2.75. The summed E-state index contributed by atoms with van der Waals surface area (Å²) in [5.74, 6) is 1.67. The van der Waals surface area contributed by atoms with E-state index in [-0.39, 0.29) is 6.04 Å². The molecule has 0 aliphatic rings. The highest BCUT2D eigenvalue weighted by atomic mass is 15.1. The largest absolute Gasteiger partial charge is 0.334 e. The molecule has 3 nitrogen and oxygen atoms in total. The fraction of sp³-hybridized carbons (Fsp3) is 0.800. The van der Waals surface area contributed by atoms with Crippen LogP contribution >= 0.6 is 0 Å². The molecule has 2 atom stereocenters. The van der Waals surface area contributed by atoms with Crippen LogP contribution in [0.4, 0.5) is 0 Å². The Kier molecular flexibility index (Phi) is 5.39. The molecular formula is C15H29N3. The molecule has 1 aromatic rings. The third-order valence-corrected chi connectivity index (χ3v) is 3.16. The SMILES string of the molecule is CCCn1ccnc1C(N)CC(C)CC(C)(C)C. The Hall–Kier alpha value is -0.830. The van der Waals surface area contributed by atoms with Gasteiger partial charge in [-0.3, -0.25) is 0 Å². The molecular weight excluding hydrogens is 222 g/mol. The van der Waals surface area contributed by atoms with Crippen LogP contribution in [0.2, 0.25) is 0 Å².